The highest BCUT2D eigenvalue weighted by molar-refractivity contribution is 6.31. The van der Waals surface area contributed by atoms with Crippen LogP contribution in [0.5, 0.6) is 5.75 Å². The molecule has 1 nitrogen and oxygen atoms in total. The smallest absolute Gasteiger partial charge is 0.120 e. The minimum absolute atomic E-state index is 0.608. The van der Waals surface area contributed by atoms with Crippen LogP contribution in [0.15, 0.2) is 18.2 Å². The molecule has 1 atom stereocenters. The molecule has 1 aromatic rings. The molecule has 0 amide bonds. The molecular formula is C13H16ClO. The summed E-state index contributed by atoms with van der Waals surface area (Å²) in [6.07, 6.45) is 7.32. The first-order valence-electron chi connectivity index (χ1n) is 5.46. The van der Waals surface area contributed by atoms with Crippen molar-refractivity contribution in [3.63, 3.8) is 0 Å². The Labute approximate surface area is 96.4 Å². The van der Waals surface area contributed by atoms with Crippen LogP contribution in [0.1, 0.15) is 37.2 Å². The van der Waals surface area contributed by atoms with Gasteiger partial charge in [0.1, 0.15) is 5.75 Å². The third-order valence-corrected chi connectivity index (χ3v) is 3.39. The molecule has 0 N–H and O–H groups in total. The van der Waals surface area contributed by atoms with Crippen LogP contribution in [0.2, 0.25) is 5.02 Å². The van der Waals surface area contributed by atoms with Crippen molar-refractivity contribution in [2.75, 3.05) is 7.11 Å². The summed E-state index contributed by atoms with van der Waals surface area (Å²) >= 11 is 6.25. The van der Waals surface area contributed by atoms with Gasteiger partial charge in [-0.25, -0.2) is 0 Å². The predicted molar refractivity (Wildman–Crippen MR) is 63.5 cm³/mol. The van der Waals surface area contributed by atoms with Crippen molar-refractivity contribution >= 4 is 11.6 Å². The summed E-state index contributed by atoms with van der Waals surface area (Å²) in [5.41, 5.74) is 1.27. The molecule has 1 radical (unpaired) electrons. The van der Waals surface area contributed by atoms with Crippen molar-refractivity contribution in [2.45, 2.75) is 31.6 Å². The zero-order valence-corrected chi connectivity index (χ0v) is 9.76. The lowest BCUT2D eigenvalue weighted by molar-refractivity contribution is 0.414. The predicted octanol–water partition coefficient (Wildman–Crippen LogP) is 4.21. The molecule has 0 aromatic heterocycles. The normalized spacial score (nSPS) is 17.7. The summed E-state index contributed by atoms with van der Waals surface area (Å²) in [6, 6.07) is 6.01. The minimum Gasteiger partial charge on any atom is -0.497 e. The van der Waals surface area contributed by atoms with E-state index in [4.69, 9.17) is 16.3 Å². The summed E-state index contributed by atoms with van der Waals surface area (Å²) in [5.74, 6) is 1.45. The standard InChI is InChI=1S/C13H16ClO/c1-15-11-7-8-12(13(14)9-11)10-5-3-2-4-6-10/h3,7-10H,2,4-6H2,1H3. The van der Waals surface area contributed by atoms with Crippen LogP contribution in [-0.2, 0) is 0 Å². The van der Waals surface area contributed by atoms with E-state index in [2.05, 4.69) is 12.5 Å². The Balaban J connectivity index is 2.19. The fourth-order valence-electron chi connectivity index (χ4n) is 2.19. The monoisotopic (exact) mass is 223 g/mol. The van der Waals surface area contributed by atoms with E-state index in [9.17, 15) is 0 Å². The Hall–Kier alpha value is -0.690. The molecule has 2 rings (SSSR count). The topological polar surface area (TPSA) is 9.23 Å². The quantitative estimate of drug-likeness (QED) is 0.730. The van der Waals surface area contributed by atoms with Crippen LogP contribution < -0.4 is 4.74 Å². The second kappa shape index (κ2) is 4.89. The fourth-order valence-corrected chi connectivity index (χ4v) is 2.52. The summed E-state index contributed by atoms with van der Waals surface area (Å²) in [5, 5.41) is 0.842. The SMILES string of the molecule is COc1ccc(C2C[CH]CCC2)c(Cl)c1. The van der Waals surface area contributed by atoms with Gasteiger partial charge in [0.05, 0.1) is 7.11 Å². The zero-order chi connectivity index (χ0) is 10.7. The summed E-state index contributed by atoms with van der Waals surface area (Å²) in [4.78, 5) is 0. The van der Waals surface area contributed by atoms with Gasteiger partial charge < -0.3 is 4.74 Å². The molecule has 81 valence electrons. The highest BCUT2D eigenvalue weighted by Gasteiger charge is 2.18. The van der Waals surface area contributed by atoms with Gasteiger partial charge in [0.25, 0.3) is 0 Å². The number of benzene rings is 1. The van der Waals surface area contributed by atoms with Crippen molar-refractivity contribution in [1.29, 1.82) is 0 Å². The minimum atomic E-state index is 0.608. The van der Waals surface area contributed by atoms with Crippen LogP contribution in [0, 0.1) is 6.42 Å². The van der Waals surface area contributed by atoms with Crippen molar-refractivity contribution in [3.8, 4) is 5.75 Å². The van der Waals surface area contributed by atoms with E-state index in [0.717, 1.165) is 17.2 Å². The molecule has 1 aliphatic carbocycles. The lowest BCUT2D eigenvalue weighted by atomic mass is 9.84. The molecule has 1 fully saturated rings. The highest BCUT2D eigenvalue weighted by atomic mass is 35.5. The van der Waals surface area contributed by atoms with Gasteiger partial charge in [0.15, 0.2) is 0 Å². The Morgan fingerprint density at radius 1 is 1.40 bits per heavy atom. The lowest BCUT2D eigenvalue weighted by Gasteiger charge is -2.22. The first-order chi connectivity index (χ1) is 7.31. The molecular weight excluding hydrogens is 208 g/mol. The lowest BCUT2D eigenvalue weighted by Crippen LogP contribution is -2.05. The van der Waals surface area contributed by atoms with Crippen molar-refractivity contribution in [1.82, 2.24) is 0 Å². The molecule has 0 bridgehead atoms. The molecule has 0 saturated heterocycles. The molecule has 2 heteroatoms. The van der Waals surface area contributed by atoms with Gasteiger partial charge in [-0.05, 0) is 42.9 Å². The largest absolute Gasteiger partial charge is 0.497 e. The van der Waals surface area contributed by atoms with Crippen LogP contribution in [-0.4, -0.2) is 7.11 Å². The molecule has 1 aromatic carbocycles. The maximum atomic E-state index is 6.25. The van der Waals surface area contributed by atoms with Gasteiger partial charge in [-0.1, -0.05) is 30.5 Å². The van der Waals surface area contributed by atoms with Crippen LogP contribution >= 0.6 is 11.6 Å². The molecule has 0 spiro atoms. The summed E-state index contributed by atoms with van der Waals surface area (Å²) in [6.45, 7) is 0. The van der Waals surface area contributed by atoms with Crippen molar-refractivity contribution in [2.24, 2.45) is 0 Å². The van der Waals surface area contributed by atoms with Crippen LogP contribution in [0.3, 0.4) is 0 Å². The van der Waals surface area contributed by atoms with Gasteiger partial charge in [-0.2, -0.15) is 0 Å². The average Bonchev–Trinajstić information content (AvgIpc) is 2.30. The van der Waals surface area contributed by atoms with E-state index < -0.39 is 0 Å². The number of methoxy groups -OCH3 is 1. The maximum absolute atomic E-state index is 6.25. The maximum Gasteiger partial charge on any atom is 0.120 e. The third-order valence-electron chi connectivity index (χ3n) is 3.06. The van der Waals surface area contributed by atoms with E-state index in [-0.39, 0.29) is 0 Å². The molecule has 1 saturated carbocycles. The second-order valence-electron chi connectivity index (χ2n) is 4.04. The highest BCUT2D eigenvalue weighted by Crippen LogP contribution is 2.37. The van der Waals surface area contributed by atoms with E-state index in [1.807, 2.05) is 12.1 Å². The number of hydrogen-bond donors (Lipinski definition) is 0. The molecule has 1 unspecified atom stereocenters. The van der Waals surface area contributed by atoms with E-state index in [0.29, 0.717) is 5.92 Å². The number of halogens is 1. The Morgan fingerprint density at radius 3 is 2.87 bits per heavy atom. The second-order valence-corrected chi connectivity index (χ2v) is 4.45. The van der Waals surface area contributed by atoms with Gasteiger partial charge in [0, 0.05) is 5.02 Å². The van der Waals surface area contributed by atoms with Crippen molar-refractivity contribution < 1.29 is 4.74 Å². The van der Waals surface area contributed by atoms with E-state index in [1.165, 1.54) is 24.8 Å². The summed E-state index contributed by atoms with van der Waals surface area (Å²) in [7, 11) is 1.67. The Kier molecular flexibility index (Phi) is 3.53. The van der Waals surface area contributed by atoms with Crippen LogP contribution in [0.4, 0.5) is 0 Å². The van der Waals surface area contributed by atoms with Crippen molar-refractivity contribution in [3.05, 3.63) is 35.2 Å². The zero-order valence-electron chi connectivity index (χ0n) is 9.00. The summed E-state index contributed by atoms with van der Waals surface area (Å²) < 4.78 is 5.15. The average molecular weight is 224 g/mol. The molecule has 0 aliphatic heterocycles. The molecule has 15 heavy (non-hydrogen) atoms. The van der Waals surface area contributed by atoms with Gasteiger partial charge in [-0.3, -0.25) is 0 Å². The Morgan fingerprint density at radius 2 is 2.27 bits per heavy atom. The molecule has 1 aliphatic rings. The number of ether oxygens (including phenoxy) is 1. The van der Waals surface area contributed by atoms with E-state index in [1.54, 1.807) is 7.11 Å². The number of hydrogen-bond acceptors (Lipinski definition) is 1. The number of rotatable bonds is 2. The third kappa shape index (κ3) is 2.46. The Bertz CT molecular complexity index is 329. The fraction of sp³-hybridized carbons (Fsp3) is 0.462. The van der Waals surface area contributed by atoms with Gasteiger partial charge in [-0.15, -0.1) is 0 Å². The van der Waals surface area contributed by atoms with Crippen LogP contribution in [0.25, 0.3) is 0 Å². The first-order valence-corrected chi connectivity index (χ1v) is 5.84. The van der Waals surface area contributed by atoms with Gasteiger partial charge >= 0.3 is 0 Å². The van der Waals surface area contributed by atoms with Gasteiger partial charge in [0.2, 0.25) is 0 Å². The first kappa shape index (κ1) is 10.8. The molecule has 0 heterocycles. The van der Waals surface area contributed by atoms with E-state index >= 15 is 0 Å².